The summed E-state index contributed by atoms with van der Waals surface area (Å²) in [6.07, 6.45) is 1.90. The Bertz CT molecular complexity index is 931. The van der Waals surface area contributed by atoms with Crippen LogP contribution in [0.3, 0.4) is 0 Å². The van der Waals surface area contributed by atoms with Gasteiger partial charge in [0.05, 0.1) is 12.1 Å². The molecule has 2 atom stereocenters. The molecule has 8 heteroatoms. The molecular formula is C23H27F2N3O3. The van der Waals surface area contributed by atoms with Gasteiger partial charge < -0.3 is 15.0 Å². The minimum absolute atomic E-state index is 0.0233. The summed E-state index contributed by atoms with van der Waals surface area (Å²) in [7, 11) is 0. The van der Waals surface area contributed by atoms with Gasteiger partial charge in [-0.05, 0) is 57.5 Å². The van der Waals surface area contributed by atoms with Crippen LogP contribution in [0.4, 0.5) is 13.6 Å². The number of rotatable bonds is 5. The lowest BCUT2D eigenvalue weighted by atomic mass is 9.89. The van der Waals surface area contributed by atoms with Gasteiger partial charge in [0.25, 0.3) is 0 Å². The SMILES string of the molecule is CC(C)(C)OC(=O)N[C@@H]1CCC(=O)N(CCc2ccccn2)[C@H]1c1cc(F)ccc1F. The summed E-state index contributed by atoms with van der Waals surface area (Å²) in [5, 5.41) is 2.76. The van der Waals surface area contributed by atoms with E-state index in [0.29, 0.717) is 12.8 Å². The first-order valence-corrected chi connectivity index (χ1v) is 10.3. The summed E-state index contributed by atoms with van der Waals surface area (Å²) < 4.78 is 34.1. The number of nitrogens with zero attached hydrogens (tertiary/aromatic N) is 2. The van der Waals surface area contributed by atoms with Crippen LogP contribution in [0.1, 0.15) is 50.9 Å². The zero-order chi connectivity index (χ0) is 22.6. The van der Waals surface area contributed by atoms with Gasteiger partial charge in [-0.1, -0.05) is 6.07 Å². The summed E-state index contributed by atoms with van der Waals surface area (Å²) in [5.41, 5.74) is 0.0819. The first-order chi connectivity index (χ1) is 14.6. The van der Waals surface area contributed by atoms with E-state index < -0.39 is 35.4 Å². The van der Waals surface area contributed by atoms with Crippen LogP contribution < -0.4 is 5.32 Å². The number of ether oxygens (including phenoxy) is 1. The minimum atomic E-state index is -0.867. The van der Waals surface area contributed by atoms with E-state index in [1.807, 2.05) is 12.1 Å². The van der Waals surface area contributed by atoms with Crippen LogP contribution in [-0.4, -0.2) is 40.1 Å². The molecule has 0 bridgehead atoms. The highest BCUT2D eigenvalue weighted by atomic mass is 19.1. The van der Waals surface area contributed by atoms with Crippen LogP contribution in [0.5, 0.6) is 0 Å². The molecule has 3 rings (SSSR count). The second-order valence-corrected chi connectivity index (χ2v) is 8.56. The maximum Gasteiger partial charge on any atom is 0.407 e. The number of nitrogens with one attached hydrogen (secondary N) is 1. The molecule has 6 nitrogen and oxygen atoms in total. The molecule has 1 fully saturated rings. The molecule has 1 aliphatic heterocycles. The molecule has 0 unspecified atom stereocenters. The fraction of sp³-hybridized carbons (Fsp3) is 0.435. The van der Waals surface area contributed by atoms with E-state index in [1.54, 1.807) is 33.0 Å². The lowest BCUT2D eigenvalue weighted by Gasteiger charge is -2.42. The molecule has 1 aromatic heterocycles. The molecule has 0 radical (unpaired) electrons. The number of carbonyl (C=O) groups excluding carboxylic acids is 2. The molecule has 1 saturated heterocycles. The van der Waals surface area contributed by atoms with Crippen LogP contribution in [0.15, 0.2) is 42.6 Å². The molecule has 0 aliphatic carbocycles. The Kier molecular flexibility index (Phi) is 6.87. The molecule has 1 N–H and O–H groups in total. The third-order valence-electron chi connectivity index (χ3n) is 5.02. The van der Waals surface area contributed by atoms with Crippen molar-refractivity contribution in [1.82, 2.24) is 15.2 Å². The monoisotopic (exact) mass is 431 g/mol. The average molecular weight is 431 g/mol. The number of hydrogen-bond donors (Lipinski definition) is 1. The van der Waals surface area contributed by atoms with Gasteiger partial charge in [-0.3, -0.25) is 9.78 Å². The van der Waals surface area contributed by atoms with E-state index in [1.165, 1.54) is 4.90 Å². The lowest BCUT2D eigenvalue weighted by Crippen LogP contribution is -2.53. The van der Waals surface area contributed by atoms with Crippen LogP contribution >= 0.6 is 0 Å². The van der Waals surface area contributed by atoms with Crippen LogP contribution in [0.25, 0.3) is 0 Å². The molecule has 2 heterocycles. The molecule has 31 heavy (non-hydrogen) atoms. The second kappa shape index (κ2) is 9.41. The van der Waals surface area contributed by atoms with Crippen molar-refractivity contribution >= 4 is 12.0 Å². The smallest absolute Gasteiger partial charge is 0.407 e. The van der Waals surface area contributed by atoms with Crippen LogP contribution in [-0.2, 0) is 16.0 Å². The van der Waals surface area contributed by atoms with Crippen molar-refractivity contribution < 1.29 is 23.1 Å². The number of amides is 2. The summed E-state index contributed by atoms with van der Waals surface area (Å²) >= 11 is 0. The van der Waals surface area contributed by atoms with Gasteiger partial charge in [0.2, 0.25) is 5.91 Å². The molecule has 0 spiro atoms. The van der Waals surface area contributed by atoms with Crippen LogP contribution in [0, 0.1) is 11.6 Å². The van der Waals surface area contributed by atoms with Gasteiger partial charge in [-0.25, -0.2) is 13.6 Å². The molecule has 2 amide bonds. The third kappa shape index (κ3) is 5.99. The number of aromatic nitrogens is 1. The van der Waals surface area contributed by atoms with Crippen LogP contribution in [0.2, 0.25) is 0 Å². The first kappa shape index (κ1) is 22.7. The first-order valence-electron chi connectivity index (χ1n) is 10.3. The molecule has 1 aromatic carbocycles. The third-order valence-corrected chi connectivity index (χ3v) is 5.02. The van der Waals surface area contributed by atoms with Gasteiger partial charge in [0, 0.05) is 36.8 Å². The number of pyridine rings is 1. The number of alkyl carbamates (subject to hydrolysis) is 1. The maximum atomic E-state index is 14.7. The number of hydrogen-bond acceptors (Lipinski definition) is 4. The van der Waals surface area contributed by atoms with E-state index >= 15 is 0 Å². The van der Waals surface area contributed by atoms with Crippen molar-refractivity contribution in [1.29, 1.82) is 0 Å². The standard InChI is InChI=1S/C23H27F2N3O3/c1-23(2,3)31-22(30)27-19-9-10-20(29)28(13-11-16-6-4-5-12-26-16)21(19)17-14-15(24)7-8-18(17)25/h4-8,12,14,19,21H,9-11,13H2,1-3H3,(H,27,30)/t19-,21+/m1/s1. The molecule has 1 aliphatic rings. The highest BCUT2D eigenvalue weighted by molar-refractivity contribution is 5.78. The van der Waals surface area contributed by atoms with Crippen molar-refractivity contribution in [3.63, 3.8) is 0 Å². The van der Waals surface area contributed by atoms with Gasteiger partial charge >= 0.3 is 6.09 Å². The largest absolute Gasteiger partial charge is 0.444 e. The summed E-state index contributed by atoms with van der Waals surface area (Å²) in [6, 6.07) is 7.11. The number of benzene rings is 1. The highest BCUT2D eigenvalue weighted by Crippen LogP contribution is 2.34. The normalized spacial score (nSPS) is 19.3. The topological polar surface area (TPSA) is 71.5 Å². The van der Waals surface area contributed by atoms with Gasteiger partial charge in [0.15, 0.2) is 0 Å². The van der Waals surface area contributed by atoms with E-state index in [0.717, 1.165) is 23.9 Å². The lowest BCUT2D eigenvalue weighted by molar-refractivity contribution is -0.138. The molecule has 2 aromatic rings. The molecule has 0 saturated carbocycles. The van der Waals surface area contributed by atoms with E-state index in [4.69, 9.17) is 4.74 Å². The average Bonchev–Trinajstić information content (AvgIpc) is 2.69. The van der Waals surface area contributed by atoms with Crippen molar-refractivity contribution in [2.75, 3.05) is 6.54 Å². The van der Waals surface area contributed by atoms with Crippen molar-refractivity contribution in [3.8, 4) is 0 Å². The number of piperidine rings is 1. The maximum absolute atomic E-state index is 14.7. The van der Waals surface area contributed by atoms with Crippen molar-refractivity contribution in [2.45, 2.75) is 57.7 Å². The summed E-state index contributed by atoms with van der Waals surface area (Å²) in [6.45, 7) is 5.46. The number of halogens is 2. The summed E-state index contributed by atoms with van der Waals surface area (Å²) in [4.78, 5) is 31.0. The Morgan fingerprint density at radius 1 is 1.26 bits per heavy atom. The predicted octanol–water partition coefficient (Wildman–Crippen LogP) is 4.16. The Morgan fingerprint density at radius 3 is 2.71 bits per heavy atom. The zero-order valence-corrected chi connectivity index (χ0v) is 17.9. The summed E-state index contributed by atoms with van der Waals surface area (Å²) in [5.74, 6) is -1.44. The van der Waals surface area contributed by atoms with Gasteiger partial charge in [0.1, 0.15) is 17.2 Å². The molecule has 166 valence electrons. The van der Waals surface area contributed by atoms with Crippen molar-refractivity contribution in [2.24, 2.45) is 0 Å². The number of carbonyl (C=O) groups is 2. The van der Waals surface area contributed by atoms with E-state index in [2.05, 4.69) is 10.3 Å². The fourth-order valence-corrected chi connectivity index (χ4v) is 3.73. The Balaban J connectivity index is 1.91. The predicted molar refractivity (Wildman–Crippen MR) is 111 cm³/mol. The molecular weight excluding hydrogens is 404 g/mol. The quantitative estimate of drug-likeness (QED) is 0.772. The fourth-order valence-electron chi connectivity index (χ4n) is 3.73. The van der Waals surface area contributed by atoms with E-state index in [-0.39, 0.29) is 24.4 Å². The van der Waals surface area contributed by atoms with Gasteiger partial charge in [-0.2, -0.15) is 0 Å². The Labute approximate surface area is 180 Å². The second-order valence-electron chi connectivity index (χ2n) is 8.56. The van der Waals surface area contributed by atoms with E-state index in [9.17, 15) is 18.4 Å². The number of likely N-dealkylation sites (tertiary alicyclic amines) is 1. The Morgan fingerprint density at radius 2 is 2.03 bits per heavy atom. The van der Waals surface area contributed by atoms with Crippen molar-refractivity contribution in [3.05, 3.63) is 65.5 Å². The van der Waals surface area contributed by atoms with Gasteiger partial charge in [-0.15, -0.1) is 0 Å². The minimum Gasteiger partial charge on any atom is -0.444 e. The Hall–Kier alpha value is -3.03. The zero-order valence-electron chi connectivity index (χ0n) is 17.9. The highest BCUT2D eigenvalue weighted by Gasteiger charge is 2.39.